The van der Waals surface area contributed by atoms with Crippen LogP contribution in [0.1, 0.15) is 20.8 Å². The number of sulfonamides is 1. The molecule has 7 heteroatoms. The Morgan fingerprint density at radius 2 is 2.05 bits per heavy atom. The molecule has 1 aromatic rings. The van der Waals surface area contributed by atoms with Crippen LogP contribution in [0.5, 0.6) is 0 Å². The first-order valence-corrected chi connectivity index (χ1v) is 8.60. The molecule has 20 heavy (non-hydrogen) atoms. The van der Waals surface area contributed by atoms with Crippen molar-refractivity contribution in [2.75, 3.05) is 13.2 Å². The van der Waals surface area contributed by atoms with E-state index >= 15 is 0 Å². The summed E-state index contributed by atoms with van der Waals surface area (Å²) in [6.45, 7) is 6.48. The minimum absolute atomic E-state index is 0.0149. The van der Waals surface area contributed by atoms with E-state index in [9.17, 15) is 12.8 Å². The van der Waals surface area contributed by atoms with E-state index < -0.39 is 15.8 Å². The first-order valence-electron chi connectivity index (χ1n) is 6.33. The molecule has 0 aliphatic rings. The number of hydrogen-bond acceptors (Lipinski definition) is 3. The molecule has 0 saturated carbocycles. The SMILES string of the molecule is CCOCC(NS(=O)(=O)c1ccc(F)cc1Br)C(C)C. The van der Waals surface area contributed by atoms with Gasteiger partial charge in [-0.3, -0.25) is 0 Å². The molecule has 0 saturated heterocycles. The van der Waals surface area contributed by atoms with Crippen molar-refractivity contribution in [3.8, 4) is 0 Å². The van der Waals surface area contributed by atoms with Gasteiger partial charge in [-0.2, -0.15) is 0 Å². The summed E-state index contributed by atoms with van der Waals surface area (Å²) < 4.78 is 45.8. The van der Waals surface area contributed by atoms with Gasteiger partial charge >= 0.3 is 0 Å². The molecule has 0 spiro atoms. The zero-order valence-electron chi connectivity index (χ0n) is 11.7. The Bertz CT molecular complexity index is 549. The predicted octanol–water partition coefficient (Wildman–Crippen LogP) is 2.93. The highest BCUT2D eigenvalue weighted by Crippen LogP contribution is 2.23. The van der Waals surface area contributed by atoms with Crippen LogP contribution < -0.4 is 4.72 Å². The molecule has 1 N–H and O–H groups in total. The third kappa shape index (κ3) is 4.80. The number of benzene rings is 1. The zero-order chi connectivity index (χ0) is 15.3. The van der Waals surface area contributed by atoms with Crippen molar-refractivity contribution in [1.82, 2.24) is 4.72 Å². The van der Waals surface area contributed by atoms with E-state index in [1.807, 2.05) is 20.8 Å². The lowest BCUT2D eigenvalue weighted by molar-refractivity contribution is 0.116. The summed E-state index contributed by atoms with van der Waals surface area (Å²) in [6, 6.07) is 3.14. The highest BCUT2D eigenvalue weighted by atomic mass is 79.9. The van der Waals surface area contributed by atoms with Gasteiger partial charge in [0.05, 0.1) is 11.5 Å². The zero-order valence-corrected chi connectivity index (χ0v) is 14.1. The van der Waals surface area contributed by atoms with Gasteiger partial charge in [0.2, 0.25) is 10.0 Å². The highest BCUT2D eigenvalue weighted by molar-refractivity contribution is 9.10. The van der Waals surface area contributed by atoms with Crippen molar-refractivity contribution in [1.29, 1.82) is 0 Å². The van der Waals surface area contributed by atoms with Crippen LogP contribution in [-0.4, -0.2) is 27.7 Å². The topological polar surface area (TPSA) is 55.4 Å². The van der Waals surface area contributed by atoms with Crippen molar-refractivity contribution in [3.05, 3.63) is 28.5 Å². The summed E-state index contributed by atoms with van der Waals surface area (Å²) in [4.78, 5) is 0.0149. The van der Waals surface area contributed by atoms with Gasteiger partial charge in [0, 0.05) is 17.1 Å². The third-order valence-electron chi connectivity index (χ3n) is 2.80. The maximum Gasteiger partial charge on any atom is 0.242 e. The molecule has 1 unspecified atom stereocenters. The van der Waals surface area contributed by atoms with E-state index in [-0.39, 0.29) is 21.3 Å². The minimum atomic E-state index is -3.73. The summed E-state index contributed by atoms with van der Waals surface area (Å²) in [6.07, 6.45) is 0. The summed E-state index contributed by atoms with van der Waals surface area (Å²) in [5.41, 5.74) is 0. The second-order valence-corrected chi connectivity index (χ2v) is 7.24. The largest absolute Gasteiger partial charge is 0.380 e. The Morgan fingerprint density at radius 3 is 2.55 bits per heavy atom. The molecule has 1 rings (SSSR count). The Labute approximate surface area is 127 Å². The van der Waals surface area contributed by atoms with Gasteiger partial charge < -0.3 is 4.74 Å². The molecule has 0 fully saturated rings. The van der Waals surface area contributed by atoms with E-state index in [4.69, 9.17) is 4.74 Å². The van der Waals surface area contributed by atoms with E-state index in [0.717, 1.165) is 12.1 Å². The summed E-state index contributed by atoms with van der Waals surface area (Å²) >= 11 is 3.07. The van der Waals surface area contributed by atoms with E-state index in [0.29, 0.717) is 13.2 Å². The monoisotopic (exact) mass is 367 g/mol. The third-order valence-corrected chi connectivity index (χ3v) is 5.26. The standard InChI is InChI=1S/C13H19BrFNO3S/c1-4-19-8-12(9(2)3)16-20(17,18)13-6-5-10(15)7-11(13)14/h5-7,9,12,16H,4,8H2,1-3H3. The number of rotatable bonds is 7. The molecule has 114 valence electrons. The number of halogens is 2. The quantitative estimate of drug-likeness (QED) is 0.805. The van der Waals surface area contributed by atoms with Crippen molar-refractivity contribution in [3.63, 3.8) is 0 Å². The average Bonchev–Trinajstić information content (AvgIpc) is 2.33. The lowest BCUT2D eigenvalue weighted by Gasteiger charge is -2.22. The van der Waals surface area contributed by atoms with Crippen LogP contribution in [0.2, 0.25) is 0 Å². The summed E-state index contributed by atoms with van der Waals surface area (Å²) in [7, 11) is -3.73. The van der Waals surface area contributed by atoms with E-state index in [1.54, 1.807) is 0 Å². The Morgan fingerprint density at radius 1 is 1.40 bits per heavy atom. The second kappa shape index (κ2) is 7.49. The van der Waals surface area contributed by atoms with Gasteiger partial charge in [0.1, 0.15) is 5.82 Å². The van der Waals surface area contributed by atoms with Gasteiger partial charge in [-0.25, -0.2) is 17.5 Å². The fourth-order valence-corrected chi connectivity index (χ4v) is 3.98. The molecular formula is C13H19BrFNO3S. The Balaban J connectivity index is 2.97. The maximum atomic E-state index is 13.0. The van der Waals surface area contributed by atoms with Crippen LogP contribution in [0.3, 0.4) is 0 Å². The molecule has 0 amide bonds. The van der Waals surface area contributed by atoms with Crippen molar-refractivity contribution >= 4 is 26.0 Å². The normalized spacial score (nSPS) is 13.7. The average molecular weight is 368 g/mol. The second-order valence-electron chi connectivity index (χ2n) is 4.71. The molecule has 4 nitrogen and oxygen atoms in total. The van der Waals surface area contributed by atoms with Crippen LogP contribution in [-0.2, 0) is 14.8 Å². The van der Waals surface area contributed by atoms with Gasteiger partial charge in [-0.1, -0.05) is 13.8 Å². The smallest absolute Gasteiger partial charge is 0.242 e. The van der Waals surface area contributed by atoms with Gasteiger partial charge in [0.15, 0.2) is 0 Å². The van der Waals surface area contributed by atoms with Crippen LogP contribution in [0, 0.1) is 11.7 Å². The first-order chi connectivity index (χ1) is 9.27. The molecule has 0 bridgehead atoms. The van der Waals surface area contributed by atoms with Gasteiger partial charge in [-0.15, -0.1) is 0 Å². The van der Waals surface area contributed by atoms with Crippen LogP contribution in [0.4, 0.5) is 4.39 Å². The van der Waals surface area contributed by atoms with Crippen LogP contribution in [0.25, 0.3) is 0 Å². The molecule has 0 aliphatic carbocycles. The molecule has 0 heterocycles. The summed E-state index contributed by atoms with van der Waals surface area (Å²) in [5.74, 6) is -0.416. The van der Waals surface area contributed by atoms with Crippen LogP contribution >= 0.6 is 15.9 Å². The molecule has 1 atom stereocenters. The maximum absolute atomic E-state index is 13.0. The van der Waals surface area contributed by atoms with E-state index in [1.165, 1.54) is 6.07 Å². The lowest BCUT2D eigenvalue weighted by Crippen LogP contribution is -2.41. The summed E-state index contributed by atoms with van der Waals surface area (Å²) in [5, 5.41) is 0. The molecule has 1 aromatic carbocycles. The van der Waals surface area contributed by atoms with Gasteiger partial charge in [-0.05, 0) is 47.0 Å². The predicted molar refractivity (Wildman–Crippen MR) is 79.5 cm³/mol. The fourth-order valence-electron chi connectivity index (χ4n) is 1.56. The number of nitrogens with one attached hydrogen (secondary N) is 1. The molecule has 0 aromatic heterocycles. The lowest BCUT2D eigenvalue weighted by atomic mass is 10.1. The first kappa shape index (κ1) is 17.6. The minimum Gasteiger partial charge on any atom is -0.380 e. The highest BCUT2D eigenvalue weighted by Gasteiger charge is 2.24. The molecule has 0 aliphatic heterocycles. The fraction of sp³-hybridized carbons (Fsp3) is 0.538. The van der Waals surface area contributed by atoms with Crippen LogP contribution in [0.15, 0.2) is 27.6 Å². The Hall–Kier alpha value is -0.500. The van der Waals surface area contributed by atoms with Gasteiger partial charge in [0.25, 0.3) is 0 Å². The number of ether oxygens (including phenoxy) is 1. The Kier molecular flexibility index (Phi) is 6.57. The van der Waals surface area contributed by atoms with E-state index in [2.05, 4.69) is 20.7 Å². The molecule has 0 radical (unpaired) electrons. The molecular weight excluding hydrogens is 349 g/mol. The van der Waals surface area contributed by atoms with Crippen molar-refractivity contribution in [2.45, 2.75) is 31.7 Å². The van der Waals surface area contributed by atoms with Crippen molar-refractivity contribution < 1.29 is 17.5 Å². The number of hydrogen-bond donors (Lipinski definition) is 1. The van der Waals surface area contributed by atoms with Crippen molar-refractivity contribution in [2.24, 2.45) is 5.92 Å².